The molecule has 0 aliphatic carbocycles. The third kappa shape index (κ3) is 2.29. The Balaban J connectivity index is 2.75. The average molecular weight is 280 g/mol. The summed E-state index contributed by atoms with van der Waals surface area (Å²) < 4.78 is 2.88. The smallest absolute Gasteiger partial charge is 0.303 e. The summed E-state index contributed by atoms with van der Waals surface area (Å²) in [6, 6.07) is 0. The van der Waals surface area contributed by atoms with Gasteiger partial charge in [0, 0.05) is 13.6 Å². The number of fused-ring (bicyclic) bond motifs is 1. The molecule has 0 saturated carbocycles. The van der Waals surface area contributed by atoms with Gasteiger partial charge in [-0.25, -0.2) is 4.79 Å². The van der Waals surface area contributed by atoms with Crippen LogP contribution in [0.25, 0.3) is 11.2 Å². The minimum absolute atomic E-state index is 0.251. The number of hydrogen-bond acceptors (Lipinski definition) is 5. The fourth-order valence-electron chi connectivity index (χ4n) is 1.97. The zero-order valence-electron chi connectivity index (χ0n) is 11.4. The molecule has 9 heteroatoms. The molecule has 2 heterocycles. The lowest BCUT2D eigenvalue weighted by molar-refractivity contribution is -0.109. The van der Waals surface area contributed by atoms with Gasteiger partial charge >= 0.3 is 5.69 Å². The van der Waals surface area contributed by atoms with E-state index < -0.39 is 11.2 Å². The number of carbonyl (C=O) groups is 1. The topological polar surface area (TPSA) is 114 Å². The Kier molecular flexibility index (Phi) is 3.59. The average Bonchev–Trinajstić information content (AvgIpc) is 2.72. The molecule has 108 valence electrons. The number of H-pyrrole nitrogens is 1. The van der Waals surface area contributed by atoms with E-state index in [2.05, 4.69) is 20.8 Å². The molecule has 3 N–H and O–H groups in total. The number of aromatic amines is 1. The van der Waals surface area contributed by atoms with E-state index in [0.29, 0.717) is 18.9 Å². The number of anilines is 1. The van der Waals surface area contributed by atoms with Crippen LogP contribution < -0.4 is 22.1 Å². The predicted molar refractivity (Wildman–Crippen MR) is 73.3 cm³/mol. The third-order valence-corrected chi connectivity index (χ3v) is 2.80. The maximum atomic E-state index is 12.0. The van der Waals surface area contributed by atoms with Gasteiger partial charge in [0.25, 0.3) is 5.56 Å². The molecule has 0 fully saturated rings. The lowest BCUT2D eigenvalue weighted by atomic mass is 10.2. The van der Waals surface area contributed by atoms with E-state index in [-0.39, 0.29) is 17.1 Å². The van der Waals surface area contributed by atoms with Crippen molar-refractivity contribution in [2.24, 2.45) is 13.0 Å². The summed E-state index contributed by atoms with van der Waals surface area (Å²) in [5.74, 6) is 0.549. The van der Waals surface area contributed by atoms with Crippen LogP contribution in [0.2, 0.25) is 0 Å². The minimum atomic E-state index is -0.536. The van der Waals surface area contributed by atoms with Gasteiger partial charge in [0.15, 0.2) is 11.2 Å². The predicted octanol–water partition coefficient (Wildman–Crippen LogP) is -0.848. The Morgan fingerprint density at radius 3 is 2.70 bits per heavy atom. The lowest BCUT2D eigenvalue weighted by Crippen LogP contribution is -2.29. The maximum absolute atomic E-state index is 12.0. The van der Waals surface area contributed by atoms with Crippen molar-refractivity contribution in [2.45, 2.75) is 20.4 Å². The van der Waals surface area contributed by atoms with Crippen molar-refractivity contribution < 1.29 is 4.79 Å². The van der Waals surface area contributed by atoms with E-state index in [1.54, 1.807) is 4.57 Å². The largest absolute Gasteiger partial charge is 0.329 e. The molecule has 2 aromatic rings. The van der Waals surface area contributed by atoms with Gasteiger partial charge in [-0.2, -0.15) is 4.98 Å². The molecule has 0 spiro atoms. The highest BCUT2D eigenvalue weighted by molar-refractivity contribution is 5.74. The lowest BCUT2D eigenvalue weighted by Gasteiger charge is -2.11. The number of amides is 1. The summed E-state index contributed by atoms with van der Waals surface area (Å²) in [4.78, 5) is 40.4. The van der Waals surface area contributed by atoms with Crippen LogP contribution in [0.5, 0.6) is 0 Å². The van der Waals surface area contributed by atoms with E-state index in [1.165, 1.54) is 11.6 Å². The molecule has 0 unspecified atom stereocenters. The molecule has 20 heavy (non-hydrogen) atoms. The van der Waals surface area contributed by atoms with Crippen LogP contribution >= 0.6 is 0 Å². The normalized spacial score (nSPS) is 11.0. The molecular formula is C11H16N6O3. The fraction of sp³-hybridized carbons (Fsp3) is 0.455. The molecule has 0 saturated heterocycles. The number of hydrogen-bond donors (Lipinski definition) is 3. The maximum Gasteiger partial charge on any atom is 0.329 e. The Morgan fingerprint density at radius 2 is 2.10 bits per heavy atom. The Morgan fingerprint density at radius 1 is 1.40 bits per heavy atom. The summed E-state index contributed by atoms with van der Waals surface area (Å²) in [7, 11) is 1.52. The number of hydrazine groups is 1. The third-order valence-electron chi connectivity index (χ3n) is 2.80. The van der Waals surface area contributed by atoms with E-state index in [1.807, 2.05) is 13.8 Å². The van der Waals surface area contributed by atoms with Crippen LogP contribution in [-0.4, -0.2) is 25.5 Å². The first kappa shape index (κ1) is 13.8. The monoisotopic (exact) mass is 280 g/mol. The van der Waals surface area contributed by atoms with Crippen LogP contribution in [0.1, 0.15) is 13.8 Å². The standard InChI is InChI=1S/C11H16N6O3/c1-6(2)4-17-7-8(13-10(17)15-12-5-18)16(3)11(20)14-9(7)19/h5-6H,4H2,1-3H3,(H,12,18)(H,13,15)(H,14,19,20). The molecule has 0 aliphatic heterocycles. The van der Waals surface area contributed by atoms with Crippen LogP contribution in [0.15, 0.2) is 9.59 Å². The number of carbonyl (C=O) groups excluding carboxylic acids is 1. The first-order chi connectivity index (χ1) is 9.45. The number of aryl methyl sites for hydroxylation is 1. The summed E-state index contributed by atoms with van der Waals surface area (Å²) in [5.41, 5.74) is 4.38. The van der Waals surface area contributed by atoms with Crippen molar-refractivity contribution in [1.29, 1.82) is 0 Å². The van der Waals surface area contributed by atoms with Crippen molar-refractivity contribution >= 4 is 23.5 Å². The zero-order valence-corrected chi connectivity index (χ0v) is 11.4. The molecule has 0 aromatic carbocycles. The summed E-state index contributed by atoms with van der Waals surface area (Å²) in [5, 5.41) is 0. The van der Waals surface area contributed by atoms with Crippen LogP contribution in [0.3, 0.4) is 0 Å². The van der Waals surface area contributed by atoms with Crippen molar-refractivity contribution in [3.63, 3.8) is 0 Å². The Hall–Kier alpha value is -2.58. The fourth-order valence-corrected chi connectivity index (χ4v) is 1.97. The number of nitrogens with zero attached hydrogens (tertiary/aromatic N) is 3. The molecular weight excluding hydrogens is 264 g/mol. The minimum Gasteiger partial charge on any atom is -0.303 e. The molecule has 2 aromatic heterocycles. The molecule has 0 aliphatic rings. The molecule has 0 radical (unpaired) electrons. The van der Waals surface area contributed by atoms with E-state index in [4.69, 9.17) is 0 Å². The second-order valence-corrected chi connectivity index (χ2v) is 4.82. The highest BCUT2D eigenvalue weighted by Crippen LogP contribution is 2.16. The van der Waals surface area contributed by atoms with Gasteiger partial charge in [0.05, 0.1) is 0 Å². The summed E-state index contributed by atoms with van der Waals surface area (Å²) >= 11 is 0. The van der Waals surface area contributed by atoms with Gasteiger partial charge in [-0.15, -0.1) is 0 Å². The van der Waals surface area contributed by atoms with E-state index >= 15 is 0 Å². The number of imidazole rings is 1. The van der Waals surface area contributed by atoms with Gasteiger partial charge in [-0.05, 0) is 5.92 Å². The van der Waals surface area contributed by atoms with Gasteiger partial charge in [-0.1, -0.05) is 13.8 Å². The molecule has 9 nitrogen and oxygen atoms in total. The SMILES string of the molecule is CC(C)Cn1c(NNC=O)nc2c1c(=O)[nH]c(=O)n2C. The molecule has 2 rings (SSSR count). The highest BCUT2D eigenvalue weighted by Gasteiger charge is 2.17. The highest BCUT2D eigenvalue weighted by atomic mass is 16.2. The summed E-state index contributed by atoms with van der Waals surface area (Å²) in [6.07, 6.45) is 0.461. The van der Waals surface area contributed by atoms with Gasteiger partial charge < -0.3 is 4.57 Å². The molecule has 0 atom stereocenters. The second-order valence-electron chi connectivity index (χ2n) is 4.82. The molecule has 0 bridgehead atoms. The van der Waals surface area contributed by atoms with Crippen molar-refractivity contribution in [3.05, 3.63) is 20.8 Å². The van der Waals surface area contributed by atoms with Crippen LogP contribution in [0, 0.1) is 5.92 Å². The van der Waals surface area contributed by atoms with Gasteiger partial charge in [0.2, 0.25) is 12.4 Å². The summed E-state index contributed by atoms with van der Waals surface area (Å²) in [6.45, 7) is 4.48. The van der Waals surface area contributed by atoms with Crippen molar-refractivity contribution in [1.82, 2.24) is 24.5 Å². The first-order valence-corrected chi connectivity index (χ1v) is 6.10. The second kappa shape index (κ2) is 5.19. The zero-order chi connectivity index (χ0) is 14.9. The number of rotatable bonds is 5. The number of nitrogens with one attached hydrogen (secondary N) is 3. The van der Waals surface area contributed by atoms with Crippen LogP contribution in [-0.2, 0) is 18.4 Å². The van der Waals surface area contributed by atoms with E-state index in [0.717, 1.165) is 0 Å². The molecule has 1 amide bonds. The van der Waals surface area contributed by atoms with Gasteiger partial charge in [0.1, 0.15) is 0 Å². The quantitative estimate of drug-likeness (QED) is 0.488. The number of aromatic nitrogens is 4. The van der Waals surface area contributed by atoms with Crippen molar-refractivity contribution in [3.8, 4) is 0 Å². The van der Waals surface area contributed by atoms with E-state index in [9.17, 15) is 14.4 Å². The Labute approximate surface area is 113 Å². The first-order valence-electron chi connectivity index (χ1n) is 6.10. The Bertz CT molecular complexity index is 754. The van der Waals surface area contributed by atoms with Gasteiger partial charge in [-0.3, -0.25) is 30.0 Å². The van der Waals surface area contributed by atoms with Crippen molar-refractivity contribution in [2.75, 3.05) is 5.43 Å². The van der Waals surface area contributed by atoms with Crippen LogP contribution in [0.4, 0.5) is 5.95 Å².